The van der Waals surface area contributed by atoms with Crippen LogP contribution in [0.4, 0.5) is 0 Å². The topological polar surface area (TPSA) is 103 Å². The molecule has 0 spiro atoms. The Bertz CT molecular complexity index is 1870. The van der Waals surface area contributed by atoms with Gasteiger partial charge < -0.3 is 14.2 Å². The number of hydrogen-bond donors (Lipinski definition) is 0. The van der Waals surface area contributed by atoms with Crippen LogP contribution in [0.3, 0.4) is 0 Å². The lowest BCUT2D eigenvalue weighted by Crippen LogP contribution is -2.39. The van der Waals surface area contributed by atoms with Gasteiger partial charge in [0.05, 0.1) is 47.2 Å². The zero-order valence-corrected chi connectivity index (χ0v) is 23.6. The van der Waals surface area contributed by atoms with Crippen LogP contribution in [0, 0.1) is 11.3 Å². The average molecular weight is 566 g/mol. The second-order valence-electron chi connectivity index (χ2n) is 9.18. The van der Waals surface area contributed by atoms with E-state index in [1.807, 2.05) is 54.6 Å². The van der Waals surface area contributed by atoms with Gasteiger partial charge in [0, 0.05) is 5.56 Å². The van der Waals surface area contributed by atoms with Crippen LogP contribution in [0.25, 0.3) is 6.08 Å². The minimum absolute atomic E-state index is 0.208. The van der Waals surface area contributed by atoms with Crippen molar-refractivity contribution in [3.05, 3.63) is 126 Å². The summed E-state index contributed by atoms with van der Waals surface area (Å²) in [4.78, 5) is 31.9. The molecule has 0 saturated heterocycles. The molecule has 206 valence electrons. The Morgan fingerprint density at radius 2 is 1.85 bits per heavy atom. The van der Waals surface area contributed by atoms with Crippen molar-refractivity contribution in [1.82, 2.24) is 4.57 Å². The summed E-state index contributed by atoms with van der Waals surface area (Å²) in [6.07, 6.45) is 1.77. The van der Waals surface area contributed by atoms with Crippen LogP contribution in [0.15, 0.2) is 93.9 Å². The molecule has 0 radical (unpaired) electrons. The van der Waals surface area contributed by atoms with Crippen molar-refractivity contribution in [3.8, 4) is 17.6 Å². The highest BCUT2D eigenvalue weighted by molar-refractivity contribution is 7.07. The molecule has 8 nitrogen and oxygen atoms in total. The summed E-state index contributed by atoms with van der Waals surface area (Å²) in [5.41, 5.74) is 3.45. The molecule has 0 bridgehead atoms. The summed E-state index contributed by atoms with van der Waals surface area (Å²) >= 11 is 1.25. The second-order valence-corrected chi connectivity index (χ2v) is 10.2. The molecule has 41 heavy (non-hydrogen) atoms. The molecule has 3 aromatic carbocycles. The number of thiazole rings is 1. The maximum Gasteiger partial charge on any atom is 0.338 e. The number of allylic oxidation sites excluding steroid dienone is 1. The van der Waals surface area contributed by atoms with Gasteiger partial charge in [-0.15, -0.1) is 0 Å². The number of esters is 1. The monoisotopic (exact) mass is 565 g/mol. The number of carbonyl (C=O) groups excluding carboxylic acids is 1. The van der Waals surface area contributed by atoms with Crippen molar-refractivity contribution in [1.29, 1.82) is 5.26 Å². The maximum absolute atomic E-state index is 13.8. The van der Waals surface area contributed by atoms with Crippen LogP contribution in [0.5, 0.6) is 11.5 Å². The summed E-state index contributed by atoms with van der Waals surface area (Å²) in [6, 6.07) is 23.6. The molecular formula is C32H27N3O5S. The van der Waals surface area contributed by atoms with Gasteiger partial charge in [-0.05, 0) is 49.2 Å². The number of hydrogen-bond acceptors (Lipinski definition) is 8. The summed E-state index contributed by atoms with van der Waals surface area (Å²) in [6.45, 7) is 3.93. The van der Waals surface area contributed by atoms with Gasteiger partial charge in [-0.2, -0.15) is 5.26 Å². The largest absolute Gasteiger partial charge is 0.493 e. The van der Waals surface area contributed by atoms with Gasteiger partial charge in [-0.3, -0.25) is 9.36 Å². The van der Waals surface area contributed by atoms with Crippen molar-refractivity contribution in [3.63, 3.8) is 0 Å². The molecule has 4 aromatic rings. The molecule has 0 N–H and O–H groups in total. The second kappa shape index (κ2) is 12.1. The van der Waals surface area contributed by atoms with E-state index in [-0.39, 0.29) is 18.8 Å². The van der Waals surface area contributed by atoms with E-state index in [1.165, 1.54) is 11.3 Å². The van der Waals surface area contributed by atoms with Gasteiger partial charge in [0.1, 0.15) is 6.61 Å². The first-order chi connectivity index (χ1) is 19.9. The van der Waals surface area contributed by atoms with Crippen molar-refractivity contribution >= 4 is 23.4 Å². The summed E-state index contributed by atoms with van der Waals surface area (Å²) in [7, 11) is 1.54. The number of fused-ring (bicyclic) bond motifs is 1. The minimum Gasteiger partial charge on any atom is -0.493 e. The predicted octanol–water partition coefficient (Wildman–Crippen LogP) is 4.26. The zero-order valence-electron chi connectivity index (χ0n) is 22.8. The van der Waals surface area contributed by atoms with Crippen LogP contribution in [-0.2, 0) is 16.1 Å². The molecule has 9 heteroatoms. The highest BCUT2D eigenvalue weighted by Gasteiger charge is 2.33. The molecule has 1 atom stereocenters. The molecule has 1 aromatic heterocycles. The first kappa shape index (κ1) is 27.6. The predicted molar refractivity (Wildman–Crippen MR) is 155 cm³/mol. The number of ether oxygens (including phenoxy) is 3. The van der Waals surface area contributed by atoms with E-state index < -0.39 is 12.0 Å². The number of nitrogens with zero attached hydrogens (tertiary/aromatic N) is 3. The van der Waals surface area contributed by atoms with Gasteiger partial charge in [0.25, 0.3) is 5.56 Å². The van der Waals surface area contributed by atoms with Gasteiger partial charge in [-0.25, -0.2) is 9.79 Å². The molecule has 1 aliphatic heterocycles. The summed E-state index contributed by atoms with van der Waals surface area (Å²) in [5.74, 6) is 0.510. The quantitative estimate of drug-likeness (QED) is 0.296. The molecule has 0 amide bonds. The summed E-state index contributed by atoms with van der Waals surface area (Å²) in [5, 5.41) is 9.34. The smallest absolute Gasteiger partial charge is 0.338 e. The van der Waals surface area contributed by atoms with E-state index in [9.17, 15) is 14.9 Å². The SMILES string of the molecule is CCOC(=O)C1=C(C)N=c2s/c(=C\c3ccc(OCc4ccccc4C#N)c(OC)c3)c(=O)n2[C@H]1c1ccccc1. The van der Waals surface area contributed by atoms with Crippen molar-refractivity contribution in [2.45, 2.75) is 26.5 Å². The number of carbonyl (C=O) groups is 1. The Hall–Kier alpha value is -4.94. The normalized spacial score (nSPS) is 14.6. The first-order valence-corrected chi connectivity index (χ1v) is 13.8. The van der Waals surface area contributed by atoms with E-state index in [1.54, 1.807) is 49.8 Å². The van der Waals surface area contributed by atoms with Gasteiger partial charge in [0.15, 0.2) is 16.3 Å². The van der Waals surface area contributed by atoms with Crippen molar-refractivity contribution in [2.24, 2.45) is 4.99 Å². The molecule has 1 aliphatic rings. The number of aromatic nitrogens is 1. The minimum atomic E-state index is -0.657. The van der Waals surface area contributed by atoms with Crippen LogP contribution >= 0.6 is 11.3 Å². The highest BCUT2D eigenvalue weighted by Crippen LogP contribution is 2.31. The Labute approximate surface area is 240 Å². The van der Waals surface area contributed by atoms with Crippen LogP contribution in [0.2, 0.25) is 0 Å². The maximum atomic E-state index is 13.8. The van der Waals surface area contributed by atoms with E-state index in [0.717, 1.165) is 16.7 Å². The highest BCUT2D eigenvalue weighted by atomic mass is 32.1. The number of methoxy groups -OCH3 is 1. The Kier molecular flexibility index (Phi) is 8.13. The van der Waals surface area contributed by atoms with Crippen molar-refractivity contribution in [2.75, 3.05) is 13.7 Å². The molecule has 0 fully saturated rings. The van der Waals surface area contributed by atoms with Gasteiger partial charge in [0.2, 0.25) is 0 Å². The molecule has 0 aliphatic carbocycles. The molecule has 0 unspecified atom stereocenters. The standard InChI is InChI=1S/C32H27N3O5S/c1-4-39-31(37)28-20(2)34-32-35(29(28)22-10-6-5-7-11-22)30(36)27(41-32)17-21-14-15-25(26(16-21)38-3)40-19-24-13-9-8-12-23(24)18-33/h5-17,29H,4,19H2,1-3H3/b27-17-/t29-/m0/s1. The van der Waals surface area contributed by atoms with Crippen molar-refractivity contribution < 1.29 is 19.0 Å². The third-order valence-electron chi connectivity index (χ3n) is 6.64. The zero-order chi connectivity index (χ0) is 28.9. The van der Waals surface area contributed by atoms with Gasteiger partial charge >= 0.3 is 5.97 Å². The third kappa shape index (κ3) is 5.55. The lowest BCUT2D eigenvalue weighted by molar-refractivity contribution is -0.139. The number of benzene rings is 3. The molecule has 5 rings (SSSR count). The van der Waals surface area contributed by atoms with Gasteiger partial charge in [-0.1, -0.05) is 65.9 Å². The third-order valence-corrected chi connectivity index (χ3v) is 7.62. The lowest BCUT2D eigenvalue weighted by Gasteiger charge is -2.24. The fourth-order valence-corrected chi connectivity index (χ4v) is 5.74. The molecular weight excluding hydrogens is 538 g/mol. The average Bonchev–Trinajstić information content (AvgIpc) is 3.29. The Morgan fingerprint density at radius 3 is 2.59 bits per heavy atom. The number of nitriles is 1. The van der Waals surface area contributed by atoms with E-state index in [4.69, 9.17) is 14.2 Å². The number of rotatable bonds is 8. The van der Waals surface area contributed by atoms with Crippen LogP contribution in [-0.4, -0.2) is 24.3 Å². The fourth-order valence-electron chi connectivity index (χ4n) is 4.70. The Morgan fingerprint density at radius 1 is 1.10 bits per heavy atom. The fraction of sp³-hybridized carbons (Fsp3) is 0.188. The van der Waals surface area contributed by atoms with Crippen LogP contribution in [0.1, 0.15) is 42.1 Å². The first-order valence-electron chi connectivity index (χ1n) is 13.0. The van der Waals surface area contributed by atoms with E-state index in [2.05, 4.69) is 11.1 Å². The van der Waals surface area contributed by atoms with E-state index in [0.29, 0.717) is 37.7 Å². The molecule has 0 saturated carbocycles. The lowest BCUT2D eigenvalue weighted by atomic mass is 9.96. The Balaban J connectivity index is 1.53. The summed E-state index contributed by atoms with van der Waals surface area (Å²) < 4.78 is 18.9. The van der Waals surface area contributed by atoms with Crippen LogP contribution < -0.4 is 24.4 Å². The van der Waals surface area contributed by atoms with E-state index >= 15 is 0 Å². The molecule has 2 heterocycles.